The van der Waals surface area contributed by atoms with Gasteiger partial charge in [0, 0.05) is 12.7 Å². The summed E-state index contributed by atoms with van der Waals surface area (Å²) in [6.45, 7) is 3.39. The van der Waals surface area contributed by atoms with Crippen molar-refractivity contribution < 1.29 is 13.9 Å². The SMILES string of the molecule is Cc1ccc([C@H]2CN(C(=O)c3ccc[nH]c3=S)CCO2)o1. The lowest BCUT2D eigenvalue weighted by Gasteiger charge is -2.32. The predicted octanol–water partition coefficient (Wildman–Crippen LogP) is 2.86. The highest BCUT2D eigenvalue weighted by molar-refractivity contribution is 7.71. The molecule has 1 fully saturated rings. The zero-order valence-corrected chi connectivity index (χ0v) is 12.5. The van der Waals surface area contributed by atoms with Gasteiger partial charge < -0.3 is 19.0 Å². The number of furan rings is 1. The van der Waals surface area contributed by atoms with Crippen molar-refractivity contribution in [2.24, 2.45) is 0 Å². The molecular weight excluding hydrogens is 288 g/mol. The highest BCUT2D eigenvalue weighted by Crippen LogP contribution is 2.24. The Morgan fingerprint density at radius 3 is 3.00 bits per heavy atom. The number of aromatic amines is 1. The van der Waals surface area contributed by atoms with E-state index in [4.69, 9.17) is 21.4 Å². The van der Waals surface area contributed by atoms with Crippen molar-refractivity contribution in [3.05, 3.63) is 52.2 Å². The molecule has 2 aromatic heterocycles. The highest BCUT2D eigenvalue weighted by atomic mass is 32.1. The van der Waals surface area contributed by atoms with Gasteiger partial charge in [-0.05, 0) is 31.2 Å². The molecule has 1 aliphatic heterocycles. The molecule has 1 amide bonds. The quantitative estimate of drug-likeness (QED) is 0.867. The predicted molar refractivity (Wildman–Crippen MR) is 79.7 cm³/mol. The van der Waals surface area contributed by atoms with Crippen LogP contribution < -0.4 is 0 Å². The van der Waals surface area contributed by atoms with Crippen molar-refractivity contribution in [2.75, 3.05) is 19.7 Å². The molecule has 5 nitrogen and oxygen atoms in total. The first-order chi connectivity index (χ1) is 10.1. The molecule has 3 heterocycles. The second kappa shape index (κ2) is 5.83. The van der Waals surface area contributed by atoms with E-state index in [-0.39, 0.29) is 12.0 Å². The zero-order valence-electron chi connectivity index (χ0n) is 11.7. The normalized spacial score (nSPS) is 18.7. The number of aryl methyl sites for hydroxylation is 1. The average Bonchev–Trinajstić information content (AvgIpc) is 2.94. The molecule has 0 bridgehead atoms. The summed E-state index contributed by atoms with van der Waals surface area (Å²) in [5.74, 6) is 1.51. The standard InChI is InChI=1S/C15H16N2O3S/c1-10-4-5-12(20-10)13-9-17(7-8-19-13)15(18)11-3-2-6-16-14(11)21/h2-6,13H,7-9H2,1H3,(H,16,21)/t13-/m1/s1. The molecule has 6 heteroatoms. The highest BCUT2D eigenvalue weighted by Gasteiger charge is 2.28. The Labute approximate surface area is 127 Å². The lowest BCUT2D eigenvalue weighted by atomic mass is 10.2. The Hall–Kier alpha value is -1.92. The second-order valence-corrected chi connectivity index (χ2v) is 5.38. The number of amides is 1. The molecular formula is C15H16N2O3S. The molecule has 0 aliphatic carbocycles. The van der Waals surface area contributed by atoms with Gasteiger partial charge >= 0.3 is 0 Å². The van der Waals surface area contributed by atoms with E-state index < -0.39 is 0 Å². The Morgan fingerprint density at radius 2 is 2.29 bits per heavy atom. The minimum Gasteiger partial charge on any atom is -0.464 e. The van der Waals surface area contributed by atoms with Crippen LogP contribution in [0.25, 0.3) is 0 Å². The molecule has 1 aliphatic rings. The molecule has 0 radical (unpaired) electrons. The Balaban J connectivity index is 1.79. The van der Waals surface area contributed by atoms with E-state index in [2.05, 4.69) is 4.98 Å². The van der Waals surface area contributed by atoms with Crippen molar-refractivity contribution in [1.82, 2.24) is 9.88 Å². The van der Waals surface area contributed by atoms with Crippen LogP contribution in [0.3, 0.4) is 0 Å². The lowest BCUT2D eigenvalue weighted by Crippen LogP contribution is -2.42. The molecule has 21 heavy (non-hydrogen) atoms. The number of aromatic nitrogens is 1. The molecule has 2 aromatic rings. The van der Waals surface area contributed by atoms with Gasteiger partial charge in [-0.15, -0.1) is 0 Å². The van der Waals surface area contributed by atoms with Crippen molar-refractivity contribution in [3.8, 4) is 0 Å². The van der Waals surface area contributed by atoms with E-state index in [9.17, 15) is 4.79 Å². The van der Waals surface area contributed by atoms with Crippen molar-refractivity contribution in [3.63, 3.8) is 0 Å². The number of H-pyrrole nitrogens is 1. The van der Waals surface area contributed by atoms with Crippen LogP contribution in [-0.4, -0.2) is 35.5 Å². The van der Waals surface area contributed by atoms with E-state index in [0.717, 1.165) is 11.5 Å². The number of ether oxygens (including phenoxy) is 1. The van der Waals surface area contributed by atoms with Gasteiger partial charge in [0.25, 0.3) is 5.91 Å². The van der Waals surface area contributed by atoms with E-state index in [1.165, 1.54) is 0 Å². The number of nitrogens with zero attached hydrogens (tertiary/aromatic N) is 1. The third-order valence-electron chi connectivity index (χ3n) is 3.48. The van der Waals surface area contributed by atoms with Crippen molar-refractivity contribution in [1.29, 1.82) is 0 Å². The molecule has 0 saturated carbocycles. The van der Waals surface area contributed by atoms with Crippen LogP contribution in [0.2, 0.25) is 0 Å². The first kappa shape index (κ1) is 14.0. The topological polar surface area (TPSA) is 58.5 Å². The summed E-state index contributed by atoms with van der Waals surface area (Å²) < 4.78 is 11.8. The summed E-state index contributed by atoms with van der Waals surface area (Å²) in [5, 5.41) is 0. The monoisotopic (exact) mass is 304 g/mol. The van der Waals surface area contributed by atoms with Gasteiger partial charge in [0.2, 0.25) is 0 Å². The van der Waals surface area contributed by atoms with Gasteiger partial charge in [0.1, 0.15) is 22.3 Å². The number of hydrogen-bond donors (Lipinski definition) is 1. The van der Waals surface area contributed by atoms with Crippen molar-refractivity contribution in [2.45, 2.75) is 13.0 Å². The number of carbonyl (C=O) groups excluding carboxylic acids is 1. The third-order valence-corrected chi connectivity index (χ3v) is 3.82. The number of rotatable bonds is 2. The fourth-order valence-corrected chi connectivity index (χ4v) is 2.62. The summed E-state index contributed by atoms with van der Waals surface area (Å²) in [4.78, 5) is 17.2. The number of morpholine rings is 1. The maximum Gasteiger partial charge on any atom is 0.257 e. The fraction of sp³-hybridized carbons (Fsp3) is 0.333. The lowest BCUT2D eigenvalue weighted by molar-refractivity contribution is -0.0324. The summed E-state index contributed by atoms with van der Waals surface area (Å²) in [7, 11) is 0. The van der Waals surface area contributed by atoms with Gasteiger partial charge in [-0.3, -0.25) is 4.79 Å². The Bertz CT molecular complexity index is 707. The van der Waals surface area contributed by atoms with E-state index in [1.54, 1.807) is 23.2 Å². The summed E-state index contributed by atoms with van der Waals surface area (Å²) in [5.41, 5.74) is 0.517. The fourth-order valence-electron chi connectivity index (χ4n) is 2.39. The minimum absolute atomic E-state index is 0.0755. The number of hydrogen-bond acceptors (Lipinski definition) is 4. The Kier molecular flexibility index (Phi) is 3.90. The first-order valence-electron chi connectivity index (χ1n) is 6.80. The van der Waals surface area contributed by atoms with Crippen LogP contribution in [0.5, 0.6) is 0 Å². The van der Waals surface area contributed by atoms with Crippen LogP contribution in [0.4, 0.5) is 0 Å². The molecule has 0 spiro atoms. The first-order valence-corrected chi connectivity index (χ1v) is 7.21. The van der Waals surface area contributed by atoms with Crippen LogP contribution in [-0.2, 0) is 4.74 Å². The maximum absolute atomic E-state index is 12.6. The summed E-state index contributed by atoms with van der Waals surface area (Å²) >= 11 is 5.17. The number of pyridine rings is 1. The molecule has 1 saturated heterocycles. The van der Waals surface area contributed by atoms with Crippen LogP contribution >= 0.6 is 12.2 Å². The smallest absolute Gasteiger partial charge is 0.257 e. The molecule has 0 unspecified atom stereocenters. The average molecular weight is 304 g/mol. The minimum atomic E-state index is -0.224. The van der Waals surface area contributed by atoms with E-state index in [1.807, 2.05) is 19.1 Å². The maximum atomic E-state index is 12.6. The molecule has 3 rings (SSSR count). The number of nitrogens with one attached hydrogen (secondary N) is 1. The molecule has 110 valence electrons. The summed E-state index contributed by atoms with van der Waals surface area (Å²) in [6, 6.07) is 7.30. The second-order valence-electron chi connectivity index (χ2n) is 4.97. The van der Waals surface area contributed by atoms with Gasteiger partial charge in [-0.2, -0.15) is 0 Å². The Morgan fingerprint density at radius 1 is 1.43 bits per heavy atom. The molecule has 1 atom stereocenters. The van der Waals surface area contributed by atoms with Gasteiger partial charge in [-0.25, -0.2) is 0 Å². The largest absolute Gasteiger partial charge is 0.464 e. The summed E-state index contributed by atoms with van der Waals surface area (Å²) in [6.07, 6.45) is 1.49. The van der Waals surface area contributed by atoms with E-state index >= 15 is 0 Å². The van der Waals surface area contributed by atoms with Crippen LogP contribution in [0.15, 0.2) is 34.9 Å². The van der Waals surface area contributed by atoms with E-state index in [0.29, 0.717) is 29.9 Å². The van der Waals surface area contributed by atoms with Gasteiger partial charge in [0.05, 0.1) is 18.7 Å². The third kappa shape index (κ3) is 2.91. The van der Waals surface area contributed by atoms with Gasteiger partial charge in [-0.1, -0.05) is 12.2 Å². The molecule has 0 aromatic carbocycles. The van der Waals surface area contributed by atoms with Crippen LogP contribution in [0.1, 0.15) is 28.0 Å². The van der Waals surface area contributed by atoms with Crippen molar-refractivity contribution >= 4 is 18.1 Å². The number of carbonyl (C=O) groups is 1. The van der Waals surface area contributed by atoms with Crippen LogP contribution in [0, 0.1) is 11.6 Å². The zero-order chi connectivity index (χ0) is 14.8. The molecule has 1 N–H and O–H groups in total. The van der Waals surface area contributed by atoms with Gasteiger partial charge in [0.15, 0.2) is 0 Å².